The van der Waals surface area contributed by atoms with Gasteiger partial charge in [0.05, 0.1) is 6.61 Å². The summed E-state index contributed by atoms with van der Waals surface area (Å²) in [5.41, 5.74) is 10.1. The smallest absolute Gasteiger partial charge is 0.122 e. The minimum Gasteiger partial charge on any atom is -0.493 e. The lowest BCUT2D eigenvalue weighted by Crippen LogP contribution is -2.08. The van der Waals surface area contributed by atoms with Crippen molar-refractivity contribution in [3.63, 3.8) is 0 Å². The van der Waals surface area contributed by atoms with Crippen LogP contribution in [0.4, 0.5) is 0 Å². The first-order valence-corrected chi connectivity index (χ1v) is 7.92. The van der Waals surface area contributed by atoms with Crippen LogP contribution in [0.5, 0.6) is 5.75 Å². The zero-order valence-corrected chi connectivity index (χ0v) is 12.7. The van der Waals surface area contributed by atoms with Crippen LogP contribution in [0.1, 0.15) is 42.5 Å². The molecule has 0 aliphatic carbocycles. The SMILES string of the molecule is CCCC(N)c1ccn(CCc2ccc3c(c2)CCO3)c1. The number of hydrogen-bond donors (Lipinski definition) is 1. The quantitative estimate of drug-likeness (QED) is 0.882. The predicted octanol–water partition coefficient (Wildman–Crippen LogP) is 3.47. The van der Waals surface area contributed by atoms with E-state index in [-0.39, 0.29) is 6.04 Å². The van der Waals surface area contributed by atoms with Gasteiger partial charge in [0.25, 0.3) is 0 Å². The van der Waals surface area contributed by atoms with Gasteiger partial charge in [0, 0.05) is 31.4 Å². The van der Waals surface area contributed by atoms with E-state index in [4.69, 9.17) is 10.5 Å². The lowest BCUT2D eigenvalue weighted by Gasteiger charge is -2.08. The molecule has 0 amide bonds. The van der Waals surface area contributed by atoms with Crippen molar-refractivity contribution in [1.82, 2.24) is 4.57 Å². The summed E-state index contributed by atoms with van der Waals surface area (Å²) < 4.78 is 7.79. The van der Waals surface area contributed by atoms with Crippen LogP contribution in [0.2, 0.25) is 0 Å². The zero-order valence-electron chi connectivity index (χ0n) is 12.7. The standard InChI is InChI=1S/C18H24N2O/c1-2-3-17(19)16-7-10-20(13-16)9-6-14-4-5-18-15(12-14)8-11-21-18/h4-5,7,10,12-13,17H,2-3,6,8-9,11,19H2,1H3. The molecule has 112 valence electrons. The highest BCUT2D eigenvalue weighted by atomic mass is 16.5. The molecule has 3 heteroatoms. The molecule has 0 spiro atoms. The van der Waals surface area contributed by atoms with Crippen molar-refractivity contribution >= 4 is 0 Å². The van der Waals surface area contributed by atoms with Crippen molar-refractivity contribution in [2.75, 3.05) is 6.61 Å². The molecule has 21 heavy (non-hydrogen) atoms. The molecule has 1 aromatic heterocycles. The molecule has 1 aromatic carbocycles. The molecule has 2 N–H and O–H groups in total. The summed E-state index contributed by atoms with van der Waals surface area (Å²) in [5, 5.41) is 0. The minimum atomic E-state index is 0.174. The van der Waals surface area contributed by atoms with Crippen LogP contribution in [-0.4, -0.2) is 11.2 Å². The molecule has 2 heterocycles. The molecule has 1 aliphatic heterocycles. The lowest BCUT2D eigenvalue weighted by atomic mass is 10.1. The molecular weight excluding hydrogens is 260 g/mol. The normalized spacial score (nSPS) is 14.8. The second-order valence-corrected chi connectivity index (χ2v) is 5.87. The van der Waals surface area contributed by atoms with Crippen LogP contribution in [0, 0.1) is 0 Å². The molecule has 3 nitrogen and oxygen atoms in total. The number of aromatic nitrogens is 1. The number of ether oxygens (including phenoxy) is 1. The largest absolute Gasteiger partial charge is 0.493 e. The Morgan fingerprint density at radius 3 is 3.10 bits per heavy atom. The molecule has 0 radical (unpaired) electrons. The van der Waals surface area contributed by atoms with Gasteiger partial charge in [-0.25, -0.2) is 0 Å². The highest BCUT2D eigenvalue weighted by Crippen LogP contribution is 2.26. The summed E-state index contributed by atoms with van der Waals surface area (Å²) in [6.45, 7) is 4.00. The fourth-order valence-electron chi connectivity index (χ4n) is 2.95. The van der Waals surface area contributed by atoms with Gasteiger partial charge in [-0.15, -0.1) is 0 Å². The topological polar surface area (TPSA) is 40.2 Å². The molecule has 0 saturated heterocycles. The Morgan fingerprint density at radius 2 is 2.24 bits per heavy atom. The molecular formula is C18H24N2O. The number of nitrogens with zero attached hydrogens (tertiary/aromatic N) is 1. The molecule has 1 aliphatic rings. The van der Waals surface area contributed by atoms with Crippen molar-refractivity contribution in [3.05, 3.63) is 53.3 Å². The van der Waals surface area contributed by atoms with E-state index in [2.05, 4.69) is 48.1 Å². The molecule has 2 aromatic rings. The van der Waals surface area contributed by atoms with Gasteiger partial charge < -0.3 is 15.0 Å². The van der Waals surface area contributed by atoms with Crippen molar-refractivity contribution in [2.45, 2.75) is 45.2 Å². The van der Waals surface area contributed by atoms with Gasteiger partial charge in [0.2, 0.25) is 0 Å². The first kappa shape index (κ1) is 14.2. The Balaban J connectivity index is 1.60. The Labute approximate surface area is 126 Å². The number of nitrogens with two attached hydrogens (primary N) is 1. The summed E-state index contributed by atoms with van der Waals surface area (Å²) in [6.07, 6.45) is 8.60. The fourth-order valence-corrected chi connectivity index (χ4v) is 2.95. The second-order valence-electron chi connectivity index (χ2n) is 5.87. The van der Waals surface area contributed by atoms with E-state index in [1.165, 1.54) is 16.7 Å². The summed E-state index contributed by atoms with van der Waals surface area (Å²) in [5.74, 6) is 1.06. The summed E-state index contributed by atoms with van der Waals surface area (Å²) in [4.78, 5) is 0. The maximum Gasteiger partial charge on any atom is 0.122 e. The van der Waals surface area contributed by atoms with Crippen molar-refractivity contribution in [1.29, 1.82) is 0 Å². The lowest BCUT2D eigenvalue weighted by molar-refractivity contribution is 0.357. The Bertz CT molecular complexity index is 603. The molecule has 0 fully saturated rings. The first-order chi connectivity index (χ1) is 10.3. The maximum atomic E-state index is 6.16. The van der Waals surface area contributed by atoms with Gasteiger partial charge in [0.15, 0.2) is 0 Å². The highest BCUT2D eigenvalue weighted by molar-refractivity contribution is 5.39. The van der Waals surface area contributed by atoms with Crippen molar-refractivity contribution in [2.24, 2.45) is 5.73 Å². The number of rotatable bonds is 6. The molecule has 1 atom stereocenters. The molecule has 3 rings (SSSR count). The summed E-state index contributed by atoms with van der Waals surface area (Å²) in [6, 6.07) is 8.90. The third-order valence-corrected chi connectivity index (χ3v) is 4.21. The minimum absolute atomic E-state index is 0.174. The average molecular weight is 284 g/mol. The Morgan fingerprint density at radius 1 is 1.33 bits per heavy atom. The number of benzene rings is 1. The van der Waals surface area contributed by atoms with Crippen molar-refractivity contribution < 1.29 is 4.74 Å². The first-order valence-electron chi connectivity index (χ1n) is 7.92. The van der Waals surface area contributed by atoms with Crippen LogP contribution in [0.15, 0.2) is 36.7 Å². The van der Waals surface area contributed by atoms with E-state index in [0.29, 0.717) is 0 Å². The highest BCUT2D eigenvalue weighted by Gasteiger charge is 2.12. The van der Waals surface area contributed by atoms with Crippen LogP contribution in [-0.2, 0) is 19.4 Å². The van der Waals surface area contributed by atoms with E-state index in [9.17, 15) is 0 Å². The Kier molecular flexibility index (Phi) is 4.30. The maximum absolute atomic E-state index is 6.16. The van der Waals surface area contributed by atoms with Crippen molar-refractivity contribution in [3.8, 4) is 5.75 Å². The average Bonchev–Trinajstić information content (AvgIpc) is 3.14. The summed E-state index contributed by atoms with van der Waals surface area (Å²) >= 11 is 0. The second kappa shape index (κ2) is 6.35. The van der Waals surface area contributed by atoms with E-state index in [0.717, 1.165) is 44.6 Å². The van der Waals surface area contributed by atoms with Crippen LogP contribution < -0.4 is 10.5 Å². The van der Waals surface area contributed by atoms with Crippen LogP contribution >= 0.6 is 0 Å². The van der Waals surface area contributed by atoms with E-state index < -0.39 is 0 Å². The predicted molar refractivity (Wildman–Crippen MR) is 85.6 cm³/mol. The van der Waals surface area contributed by atoms with Gasteiger partial charge in [0.1, 0.15) is 5.75 Å². The third kappa shape index (κ3) is 3.30. The molecule has 0 bridgehead atoms. The number of aryl methyl sites for hydroxylation is 2. The van der Waals surface area contributed by atoms with Gasteiger partial charge in [-0.2, -0.15) is 0 Å². The number of fused-ring (bicyclic) bond motifs is 1. The van der Waals surface area contributed by atoms with Crippen LogP contribution in [0.25, 0.3) is 0 Å². The fraction of sp³-hybridized carbons (Fsp3) is 0.444. The van der Waals surface area contributed by atoms with Gasteiger partial charge >= 0.3 is 0 Å². The third-order valence-electron chi connectivity index (χ3n) is 4.21. The van der Waals surface area contributed by atoms with E-state index in [1.807, 2.05) is 0 Å². The van der Waals surface area contributed by atoms with Gasteiger partial charge in [-0.1, -0.05) is 25.5 Å². The van der Waals surface area contributed by atoms with E-state index >= 15 is 0 Å². The zero-order chi connectivity index (χ0) is 14.7. The van der Waals surface area contributed by atoms with Gasteiger partial charge in [-0.3, -0.25) is 0 Å². The monoisotopic (exact) mass is 284 g/mol. The summed E-state index contributed by atoms with van der Waals surface area (Å²) in [7, 11) is 0. The number of hydrogen-bond acceptors (Lipinski definition) is 2. The Hall–Kier alpha value is -1.74. The molecule has 0 saturated carbocycles. The van der Waals surface area contributed by atoms with Crippen LogP contribution in [0.3, 0.4) is 0 Å². The van der Waals surface area contributed by atoms with E-state index in [1.54, 1.807) is 0 Å². The van der Waals surface area contributed by atoms with Gasteiger partial charge in [-0.05, 0) is 41.7 Å². The molecule has 1 unspecified atom stereocenters.